The van der Waals surface area contributed by atoms with Crippen molar-refractivity contribution in [1.29, 1.82) is 5.26 Å². The molecule has 6 nitrogen and oxygen atoms in total. The topological polar surface area (TPSA) is 85.9 Å². The molecule has 0 aromatic heterocycles. The van der Waals surface area contributed by atoms with E-state index in [0.29, 0.717) is 5.56 Å². The Morgan fingerprint density at radius 1 is 1.42 bits per heavy atom. The van der Waals surface area contributed by atoms with Crippen molar-refractivity contribution in [3.63, 3.8) is 0 Å². The van der Waals surface area contributed by atoms with E-state index in [1.54, 1.807) is 13.8 Å². The van der Waals surface area contributed by atoms with Crippen LogP contribution in [0.4, 0.5) is 13.2 Å². The van der Waals surface area contributed by atoms with Crippen molar-refractivity contribution in [2.24, 2.45) is 11.0 Å². The molecule has 0 spiro atoms. The predicted molar refractivity (Wildman–Crippen MR) is 86.0 cm³/mol. The quantitative estimate of drug-likeness (QED) is 0.865. The number of halogens is 3. The first kappa shape index (κ1) is 19.7. The largest absolute Gasteiger partial charge is 0.484 e. The Labute approximate surface area is 148 Å². The predicted octanol–water partition coefficient (Wildman–Crippen LogP) is 2.82. The Morgan fingerprint density at radius 2 is 2.04 bits per heavy atom. The van der Waals surface area contributed by atoms with Gasteiger partial charge in [0, 0.05) is 12.1 Å². The monoisotopic (exact) mass is 369 g/mol. The molecule has 0 unspecified atom stereocenters. The van der Waals surface area contributed by atoms with E-state index in [-0.39, 0.29) is 28.8 Å². The molecule has 0 fully saturated rings. The number of amides is 1. The molecule has 0 radical (unpaired) electrons. The SMILES string of the molecule is CC(C)CC1=NN(C(=O)COc2ccc(C#N)cc2)[C@](O)(C(F)(F)F)C1. The van der Waals surface area contributed by atoms with Crippen LogP contribution in [0.1, 0.15) is 32.3 Å². The van der Waals surface area contributed by atoms with Crippen LogP contribution in [0.15, 0.2) is 29.4 Å². The van der Waals surface area contributed by atoms with E-state index in [2.05, 4.69) is 5.10 Å². The van der Waals surface area contributed by atoms with E-state index in [1.807, 2.05) is 6.07 Å². The Morgan fingerprint density at radius 3 is 2.54 bits per heavy atom. The maximum Gasteiger partial charge on any atom is 0.438 e. The number of nitrogens with zero attached hydrogens (tertiary/aromatic N) is 3. The molecule has 1 heterocycles. The molecule has 2 rings (SSSR count). The van der Waals surface area contributed by atoms with E-state index >= 15 is 0 Å². The van der Waals surface area contributed by atoms with Gasteiger partial charge in [-0.3, -0.25) is 4.79 Å². The zero-order valence-corrected chi connectivity index (χ0v) is 14.2. The minimum absolute atomic E-state index is 0.0242. The molecule has 0 aliphatic carbocycles. The fourth-order valence-electron chi connectivity index (χ4n) is 2.52. The fourth-order valence-corrected chi connectivity index (χ4v) is 2.52. The Hall–Kier alpha value is -2.60. The summed E-state index contributed by atoms with van der Waals surface area (Å²) < 4.78 is 45.1. The van der Waals surface area contributed by atoms with Crippen LogP contribution in [-0.4, -0.2) is 40.2 Å². The lowest BCUT2D eigenvalue weighted by atomic mass is 9.99. The number of carbonyl (C=O) groups is 1. The van der Waals surface area contributed by atoms with E-state index in [1.165, 1.54) is 24.3 Å². The van der Waals surface area contributed by atoms with Crippen LogP contribution in [0.2, 0.25) is 0 Å². The first-order valence-corrected chi connectivity index (χ1v) is 7.88. The van der Waals surface area contributed by atoms with Gasteiger partial charge >= 0.3 is 6.18 Å². The molecule has 9 heteroatoms. The van der Waals surface area contributed by atoms with Crippen molar-refractivity contribution >= 4 is 11.6 Å². The van der Waals surface area contributed by atoms with Gasteiger partial charge in [0.25, 0.3) is 11.6 Å². The summed E-state index contributed by atoms with van der Waals surface area (Å²) in [4.78, 5) is 12.2. The molecule has 1 atom stereocenters. The summed E-state index contributed by atoms with van der Waals surface area (Å²) in [6.45, 7) is 2.87. The van der Waals surface area contributed by atoms with Gasteiger partial charge in [-0.15, -0.1) is 0 Å². The number of aliphatic hydroxyl groups is 1. The zero-order chi connectivity index (χ0) is 19.5. The lowest BCUT2D eigenvalue weighted by molar-refractivity contribution is -0.302. The zero-order valence-electron chi connectivity index (χ0n) is 14.2. The third-order valence-corrected chi connectivity index (χ3v) is 3.72. The molecule has 26 heavy (non-hydrogen) atoms. The molecule has 1 N–H and O–H groups in total. The second-order valence-electron chi connectivity index (χ2n) is 6.39. The highest BCUT2D eigenvalue weighted by Crippen LogP contribution is 2.41. The van der Waals surface area contributed by atoms with Crippen LogP contribution in [0.5, 0.6) is 5.75 Å². The van der Waals surface area contributed by atoms with Gasteiger partial charge in [0.2, 0.25) is 0 Å². The van der Waals surface area contributed by atoms with Crippen molar-refractivity contribution < 1.29 is 27.8 Å². The summed E-state index contributed by atoms with van der Waals surface area (Å²) in [5, 5.41) is 22.5. The van der Waals surface area contributed by atoms with Crippen molar-refractivity contribution in [3.8, 4) is 11.8 Å². The molecule has 1 amide bonds. The highest BCUT2D eigenvalue weighted by atomic mass is 19.4. The number of benzene rings is 1. The highest BCUT2D eigenvalue weighted by molar-refractivity contribution is 5.91. The number of hydrogen-bond donors (Lipinski definition) is 1. The number of carbonyl (C=O) groups excluding carboxylic acids is 1. The number of rotatable bonds is 5. The van der Waals surface area contributed by atoms with Crippen LogP contribution in [0, 0.1) is 17.2 Å². The summed E-state index contributed by atoms with van der Waals surface area (Å²) >= 11 is 0. The third-order valence-electron chi connectivity index (χ3n) is 3.72. The molecular weight excluding hydrogens is 351 g/mol. The second kappa shape index (κ2) is 7.33. The third kappa shape index (κ3) is 4.14. The van der Waals surface area contributed by atoms with Crippen LogP contribution in [0.25, 0.3) is 0 Å². The van der Waals surface area contributed by atoms with Crippen molar-refractivity contribution in [1.82, 2.24) is 5.01 Å². The van der Waals surface area contributed by atoms with Gasteiger partial charge in [-0.05, 0) is 36.6 Å². The number of alkyl halides is 3. The maximum absolute atomic E-state index is 13.3. The lowest BCUT2D eigenvalue weighted by Crippen LogP contribution is -2.57. The standard InChI is InChI=1S/C17H18F3N3O3/c1-11(2)7-13-8-16(25,17(18,19)20)23(22-13)15(24)10-26-14-5-3-12(9-21)4-6-14/h3-6,11,25H,7-8,10H2,1-2H3/t16-/m1/s1. The highest BCUT2D eigenvalue weighted by Gasteiger charge is 2.63. The molecule has 0 saturated carbocycles. The van der Waals surface area contributed by atoms with Gasteiger partial charge < -0.3 is 9.84 Å². The molecule has 1 aromatic rings. The molecule has 1 aromatic carbocycles. The second-order valence-corrected chi connectivity index (χ2v) is 6.39. The van der Waals surface area contributed by atoms with Crippen LogP contribution in [-0.2, 0) is 4.79 Å². The number of ether oxygens (including phenoxy) is 1. The molecule has 1 aliphatic heterocycles. The van der Waals surface area contributed by atoms with Gasteiger partial charge in [0.05, 0.1) is 11.6 Å². The minimum atomic E-state index is -5.06. The minimum Gasteiger partial charge on any atom is -0.484 e. The van der Waals surface area contributed by atoms with E-state index in [0.717, 1.165) is 0 Å². The Kier molecular flexibility index (Phi) is 5.56. The lowest BCUT2D eigenvalue weighted by Gasteiger charge is -2.32. The first-order valence-electron chi connectivity index (χ1n) is 7.88. The van der Waals surface area contributed by atoms with E-state index < -0.39 is 30.8 Å². The summed E-state index contributed by atoms with van der Waals surface area (Å²) in [5.41, 5.74) is -2.90. The molecule has 0 bridgehead atoms. The summed E-state index contributed by atoms with van der Waals surface area (Å²) in [6, 6.07) is 7.63. The van der Waals surface area contributed by atoms with Crippen LogP contribution in [0.3, 0.4) is 0 Å². The average molecular weight is 369 g/mol. The van der Waals surface area contributed by atoms with Gasteiger partial charge in [-0.25, -0.2) is 0 Å². The fraction of sp³-hybridized carbons (Fsp3) is 0.471. The molecule has 140 valence electrons. The summed E-state index contributed by atoms with van der Waals surface area (Å²) in [6.07, 6.45) is -5.60. The normalized spacial score (nSPS) is 20.1. The summed E-state index contributed by atoms with van der Waals surface area (Å²) in [5.74, 6) is -0.886. The number of hydrazone groups is 1. The smallest absolute Gasteiger partial charge is 0.438 e. The van der Waals surface area contributed by atoms with Gasteiger partial charge in [-0.1, -0.05) is 13.8 Å². The first-order chi connectivity index (χ1) is 12.1. The molecular formula is C17H18F3N3O3. The maximum atomic E-state index is 13.3. The van der Waals surface area contributed by atoms with Crippen molar-refractivity contribution in [2.45, 2.75) is 38.6 Å². The number of hydrogen-bond acceptors (Lipinski definition) is 5. The average Bonchev–Trinajstić information content (AvgIpc) is 2.90. The molecule has 1 aliphatic rings. The molecule has 0 saturated heterocycles. The Balaban J connectivity index is 2.14. The van der Waals surface area contributed by atoms with Gasteiger partial charge in [0.1, 0.15) is 5.75 Å². The van der Waals surface area contributed by atoms with Crippen LogP contribution >= 0.6 is 0 Å². The van der Waals surface area contributed by atoms with Gasteiger partial charge in [0.15, 0.2) is 6.61 Å². The van der Waals surface area contributed by atoms with Crippen molar-refractivity contribution in [3.05, 3.63) is 29.8 Å². The van der Waals surface area contributed by atoms with Crippen molar-refractivity contribution in [2.75, 3.05) is 6.61 Å². The van der Waals surface area contributed by atoms with E-state index in [9.17, 15) is 23.1 Å². The summed E-state index contributed by atoms with van der Waals surface area (Å²) in [7, 11) is 0. The van der Waals surface area contributed by atoms with E-state index in [4.69, 9.17) is 10.00 Å². The van der Waals surface area contributed by atoms with Crippen LogP contribution < -0.4 is 4.74 Å². The van der Waals surface area contributed by atoms with Gasteiger partial charge in [-0.2, -0.15) is 28.5 Å². The number of nitriles is 1. The Bertz CT molecular complexity index is 738.